The maximum atomic E-state index is 14.0. The van der Waals surface area contributed by atoms with Crippen molar-refractivity contribution in [3.63, 3.8) is 0 Å². The van der Waals surface area contributed by atoms with Gasteiger partial charge in [0.25, 0.3) is 0 Å². The number of aromatic nitrogens is 3. The molecule has 4 rings (SSSR count). The van der Waals surface area contributed by atoms with Gasteiger partial charge in [-0.05, 0) is 94.5 Å². The molecule has 0 fully saturated rings. The van der Waals surface area contributed by atoms with Gasteiger partial charge in [0.1, 0.15) is 5.82 Å². The number of halogens is 1. The number of carbonyl (C=O) groups is 1. The minimum Gasteiger partial charge on any atom is -0.298 e. The van der Waals surface area contributed by atoms with Crippen molar-refractivity contribution in [1.29, 1.82) is 0 Å². The van der Waals surface area contributed by atoms with Gasteiger partial charge in [0.2, 0.25) is 0 Å². The van der Waals surface area contributed by atoms with E-state index in [4.69, 9.17) is 5.10 Å². The number of ketones is 1. The second kappa shape index (κ2) is 10.3. The van der Waals surface area contributed by atoms with E-state index in [2.05, 4.69) is 18.8 Å². The highest BCUT2D eigenvalue weighted by molar-refractivity contribution is 7.11. The third-order valence-electron chi connectivity index (χ3n) is 6.81. The van der Waals surface area contributed by atoms with E-state index in [9.17, 15) is 9.18 Å². The summed E-state index contributed by atoms with van der Waals surface area (Å²) in [5.41, 5.74) is 5.29. The molecular formula is C27H34FN3OS. The van der Waals surface area contributed by atoms with Crippen LogP contribution in [0.1, 0.15) is 71.4 Å². The number of hydrogen-bond donors (Lipinski definition) is 0. The minimum atomic E-state index is -0.167. The van der Waals surface area contributed by atoms with E-state index in [1.165, 1.54) is 22.0 Å². The lowest BCUT2D eigenvalue weighted by Gasteiger charge is -2.19. The van der Waals surface area contributed by atoms with Crippen molar-refractivity contribution in [2.45, 2.75) is 85.6 Å². The second-order valence-electron chi connectivity index (χ2n) is 9.43. The van der Waals surface area contributed by atoms with Gasteiger partial charge < -0.3 is 0 Å². The molecule has 4 nitrogen and oxygen atoms in total. The van der Waals surface area contributed by atoms with E-state index in [0.29, 0.717) is 30.0 Å². The Balaban J connectivity index is 1.37. The Kier molecular flexibility index (Phi) is 7.42. The fraction of sp³-hybridized carbons (Fsp3) is 0.519. The summed E-state index contributed by atoms with van der Waals surface area (Å²) in [6, 6.07) is 5.70. The normalized spacial score (nSPS) is 16.3. The summed E-state index contributed by atoms with van der Waals surface area (Å²) in [5, 5.41) is 5.89. The highest BCUT2D eigenvalue weighted by Gasteiger charge is 2.19. The lowest BCUT2D eigenvalue weighted by atomic mass is 9.88. The first kappa shape index (κ1) is 23.8. The fourth-order valence-electron chi connectivity index (χ4n) is 4.95. The van der Waals surface area contributed by atoms with E-state index in [-0.39, 0.29) is 11.6 Å². The number of aryl methyl sites for hydroxylation is 6. The summed E-state index contributed by atoms with van der Waals surface area (Å²) < 4.78 is 15.9. The number of thiazole rings is 1. The average Bonchev–Trinajstić information content (AvgIpc) is 3.33. The number of carbonyl (C=O) groups excluding carboxylic acids is 1. The van der Waals surface area contributed by atoms with Crippen LogP contribution in [0.3, 0.4) is 0 Å². The first-order valence-electron chi connectivity index (χ1n) is 12.1. The molecule has 2 aromatic heterocycles. The van der Waals surface area contributed by atoms with Gasteiger partial charge in [0.05, 0.1) is 22.9 Å². The second-order valence-corrected chi connectivity index (χ2v) is 10.7. The van der Waals surface area contributed by atoms with Gasteiger partial charge in [-0.2, -0.15) is 5.10 Å². The predicted octanol–water partition coefficient (Wildman–Crippen LogP) is 6.57. The molecule has 0 saturated carbocycles. The Labute approximate surface area is 200 Å². The number of Topliss-reactive ketones (excluding diaryl/α,β-unsaturated/α-hetero) is 1. The van der Waals surface area contributed by atoms with E-state index in [1.807, 2.05) is 34.2 Å². The van der Waals surface area contributed by atoms with Crippen molar-refractivity contribution in [2.75, 3.05) is 0 Å². The van der Waals surface area contributed by atoms with Crippen molar-refractivity contribution < 1.29 is 9.18 Å². The molecule has 1 aliphatic rings. The van der Waals surface area contributed by atoms with Crippen LogP contribution in [0.25, 0.3) is 11.3 Å². The van der Waals surface area contributed by atoms with Crippen LogP contribution in [0.15, 0.2) is 18.2 Å². The Morgan fingerprint density at radius 3 is 2.64 bits per heavy atom. The van der Waals surface area contributed by atoms with Gasteiger partial charge in [-0.3, -0.25) is 9.48 Å². The molecule has 1 aliphatic carbocycles. The Morgan fingerprint density at radius 1 is 1.15 bits per heavy atom. The molecule has 3 aromatic rings. The first-order chi connectivity index (χ1) is 15.8. The van der Waals surface area contributed by atoms with E-state index >= 15 is 0 Å². The van der Waals surface area contributed by atoms with E-state index in [0.717, 1.165) is 55.5 Å². The number of benzene rings is 1. The molecule has 2 heterocycles. The number of nitrogens with zero attached hydrogens (tertiary/aromatic N) is 3. The maximum Gasteiger partial charge on any atom is 0.154 e. The van der Waals surface area contributed by atoms with Crippen LogP contribution >= 0.6 is 11.3 Å². The molecule has 1 aromatic carbocycles. The maximum absolute atomic E-state index is 14.0. The molecule has 0 radical (unpaired) electrons. The first-order valence-corrected chi connectivity index (χ1v) is 13.0. The van der Waals surface area contributed by atoms with Crippen molar-refractivity contribution in [3.05, 3.63) is 56.4 Å². The molecule has 0 aliphatic heterocycles. The number of hydrogen-bond acceptors (Lipinski definition) is 4. The van der Waals surface area contributed by atoms with Gasteiger partial charge >= 0.3 is 0 Å². The molecule has 1 unspecified atom stereocenters. The lowest BCUT2D eigenvalue weighted by Crippen LogP contribution is -2.16. The predicted molar refractivity (Wildman–Crippen MR) is 132 cm³/mol. The van der Waals surface area contributed by atoms with E-state index in [1.54, 1.807) is 13.8 Å². The van der Waals surface area contributed by atoms with Crippen LogP contribution in [-0.4, -0.2) is 20.5 Å². The summed E-state index contributed by atoms with van der Waals surface area (Å²) in [6.45, 7) is 8.04. The highest BCUT2D eigenvalue weighted by atomic mass is 32.1. The third kappa shape index (κ3) is 5.60. The monoisotopic (exact) mass is 467 g/mol. The number of rotatable bonds is 7. The van der Waals surface area contributed by atoms with Crippen LogP contribution in [0.5, 0.6) is 0 Å². The van der Waals surface area contributed by atoms with Gasteiger partial charge in [0.15, 0.2) is 5.78 Å². The zero-order valence-electron chi connectivity index (χ0n) is 20.2. The van der Waals surface area contributed by atoms with Crippen molar-refractivity contribution >= 4 is 17.1 Å². The van der Waals surface area contributed by atoms with Crippen molar-refractivity contribution in [1.82, 2.24) is 14.8 Å². The summed E-state index contributed by atoms with van der Waals surface area (Å²) in [6.07, 6.45) is 8.02. The minimum absolute atomic E-state index is 0.167. The van der Waals surface area contributed by atoms with Crippen LogP contribution in [0.4, 0.5) is 4.39 Å². The summed E-state index contributed by atoms with van der Waals surface area (Å²) >= 11 is 1.84. The van der Waals surface area contributed by atoms with Gasteiger partial charge in [-0.25, -0.2) is 9.37 Å². The number of fused-ring (bicyclic) bond motifs is 1. The van der Waals surface area contributed by atoms with E-state index < -0.39 is 0 Å². The average molecular weight is 468 g/mol. The zero-order chi connectivity index (χ0) is 23.5. The van der Waals surface area contributed by atoms with Crippen molar-refractivity contribution in [2.24, 2.45) is 5.92 Å². The topological polar surface area (TPSA) is 47.8 Å². The smallest absolute Gasteiger partial charge is 0.154 e. The van der Waals surface area contributed by atoms with Crippen molar-refractivity contribution in [3.8, 4) is 11.3 Å². The zero-order valence-corrected chi connectivity index (χ0v) is 21.0. The standard InChI is InChI=1S/C27H34FN3OS/c1-5-22-15-25(21-13-17(2)27(28)18(3)14-21)30-31(22)16-23(32)11-9-20-7-6-8-24-26(12-10-20)33-19(4)29-24/h13-15,20H,5-12,16H2,1-4H3. The van der Waals surface area contributed by atoms with Crippen LogP contribution < -0.4 is 0 Å². The van der Waals surface area contributed by atoms with Crippen LogP contribution in [0.2, 0.25) is 0 Å². The SMILES string of the molecule is CCc1cc(-c2cc(C)c(F)c(C)c2)nn1CC(=O)CCC1CCCc2nc(C)sc2CC1. The summed E-state index contributed by atoms with van der Waals surface area (Å²) in [4.78, 5) is 19.0. The molecule has 1 atom stereocenters. The van der Waals surface area contributed by atoms with Gasteiger partial charge in [-0.1, -0.05) is 13.3 Å². The molecular weight excluding hydrogens is 433 g/mol. The third-order valence-corrected chi connectivity index (χ3v) is 7.88. The Hall–Kier alpha value is -2.34. The lowest BCUT2D eigenvalue weighted by molar-refractivity contribution is -0.120. The molecule has 6 heteroatoms. The molecule has 0 bridgehead atoms. The summed E-state index contributed by atoms with van der Waals surface area (Å²) in [5.74, 6) is 0.677. The van der Waals surface area contributed by atoms with Crippen LogP contribution in [-0.2, 0) is 30.6 Å². The molecule has 0 N–H and O–H groups in total. The summed E-state index contributed by atoms with van der Waals surface area (Å²) in [7, 11) is 0. The molecule has 0 spiro atoms. The Morgan fingerprint density at radius 2 is 1.91 bits per heavy atom. The highest BCUT2D eigenvalue weighted by Crippen LogP contribution is 2.30. The largest absolute Gasteiger partial charge is 0.298 e. The molecule has 0 saturated heterocycles. The molecule has 176 valence electrons. The quantitative estimate of drug-likeness (QED) is 0.395. The van der Waals surface area contributed by atoms with Crippen LogP contribution in [0, 0.1) is 32.5 Å². The Bertz CT molecular complexity index is 1120. The van der Waals surface area contributed by atoms with Gasteiger partial charge in [0, 0.05) is 22.6 Å². The molecule has 0 amide bonds. The molecule has 33 heavy (non-hydrogen) atoms. The fourth-order valence-corrected chi connectivity index (χ4v) is 5.95. The van der Waals surface area contributed by atoms with Gasteiger partial charge in [-0.15, -0.1) is 11.3 Å².